The molecule has 0 unspecified atom stereocenters. The van der Waals surface area contributed by atoms with Gasteiger partial charge >= 0.3 is 12.2 Å². The Morgan fingerprint density at radius 3 is 2.18 bits per heavy atom. The first-order valence-electron chi connectivity index (χ1n) is 11.7. The van der Waals surface area contributed by atoms with E-state index in [0.29, 0.717) is 13.1 Å². The minimum absolute atomic E-state index is 0.128. The molecule has 0 bridgehead atoms. The van der Waals surface area contributed by atoms with Crippen molar-refractivity contribution in [2.45, 2.75) is 78.6 Å². The van der Waals surface area contributed by atoms with Gasteiger partial charge in [-0.15, -0.1) is 0 Å². The number of hydrogen-bond acceptors (Lipinski definition) is 6. The molecule has 1 aliphatic rings. The Kier molecular flexibility index (Phi) is 9.70. The van der Waals surface area contributed by atoms with Crippen LogP contribution in [0.2, 0.25) is 0 Å². The summed E-state index contributed by atoms with van der Waals surface area (Å²) in [7, 11) is 0. The van der Waals surface area contributed by atoms with Crippen LogP contribution in [0.4, 0.5) is 9.59 Å². The van der Waals surface area contributed by atoms with Gasteiger partial charge in [0.15, 0.2) is 0 Å². The molecule has 1 fully saturated rings. The number of benzene rings is 1. The first-order valence-corrected chi connectivity index (χ1v) is 11.7. The smallest absolute Gasteiger partial charge is 0.417 e. The van der Waals surface area contributed by atoms with Crippen molar-refractivity contribution in [3.05, 3.63) is 35.9 Å². The highest BCUT2D eigenvalue weighted by Gasteiger charge is 2.28. The van der Waals surface area contributed by atoms with Gasteiger partial charge in [-0.25, -0.2) is 19.5 Å². The molecule has 2 amide bonds. The van der Waals surface area contributed by atoms with Gasteiger partial charge in [0.1, 0.15) is 11.2 Å². The summed E-state index contributed by atoms with van der Waals surface area (Å²) in [6.45, 7) is 14.5. The Morgan fingerprint density at radius 1 is 1.00 bits per heavy atom. The average Bonchev–Trinajstić information content (AvgIpc) is 3.20. The Hall–Kier alpha value is -2.61. The van der Waals surface area contributed by atoms with Gasteiger partial charge < -0.3 is 14.4 Å². The van der Waals surface area contributed by atoms with Crippen molar-refractivity contribution in [3.8, 4) is 0 Å². The summed E-state index contributed by atoms with van der Waals surface area (Å²) in [5.74, 6) is 0.128. The van der Waals surface area contributed by atoms with E-state index < -0.39 is 23.4 Å². The zero-order valence-corrected chi connectivity index (χ0v) is 21.0. The zero-order valence-electron chi connectivity index (χ0n) is 21.0. The lowest BCUT2D eigenvalue weighted by Gasteiger charge is -2.29. The van der Waals surface area contributed by atoms with Crippen molar-refractivity contribution in [3.63, 3.8) is 0 Å². The molecule has 1 N–H and O–H groups in total. The van der Waals surface area contributed by atoms with Crippen LogP contribution in [-0.4, -0.2) is 65.3 Å². The van der Waals surface area contributed by atoms with Gasteiger partial charge in [0, 0.05) is 6.54 Å². The lowest BCUT2D eigenvalue weighted by atomic mass is 10.2. The summed E-state index contributed by atoms with van der Waals surface area (Å²) < 4.78 is 11.1. The second-order valence-electron chi connectivity index (χ2n) is 10.3. The third-order valence-corrected chi connectivity index (χ3v) is 4.79. The fourth-order valence-electron chi connectivity index (χ4n) is 3.40. The zero-order chi connectivity index (χ0) is 24.5. The highest BCUT2D eigenvalue weighted by atomic mass is 16.6. The lowest BCUT2D eigenvalue weighted by molar-refractivity contribution is 0.0354. The van der Waals surface area contributed by atoms with Crippen molar-refractivity contribution in [1.29, 1.82) is 0 Å². The van der Waals surface area contributed by atoms with E-state index in [2.05, 4.69) is 15.2 Å². The van der Waals surface area contributed by atoms with E-state index >= 15 is 0 Å². The molecule has 1 heterocycles. The number of aliphatic imine (C=N–C) groups is 1. The summed E-state index contributed by atoms with van der Waals surface area (Å²) >= 11 is 0. The van der Waals surface area contributed by atoms with Gasteiger partial charge in [0.2, 0.25) is 5.96 Å². The van der Waals surface area contributed by atoms with Crippen LogP contribution in [0.5, 0.6) is 0 Å². The van der Waals surface area contributed by atoms with Crippen LogP contribution < -0.4 is 5.32 Å². The van der Waals surface area contributed by atoms with Gasteiger partial charge in [-0.2, -0.15) is 0 Å². The lowest BCUT2D eigenvalue weighted by Crippen LogP contribution is -2.50. The maximum Gasteiger partial charge on any atom is 0.417 e. The third-order valence-electron chi connectivity index (χ3n) is 4.79. The molecule has 1 aliphatic heterocycles. The SMILES string of the molecule is CC(C)(C)OC(=O)NC(=NCc1ccccc1)N(CCCN1CCCC1)C(=O)OC(C)(C)C. The first-order chi connectivity index (χ1) is 15.4. The number of hydrogen-bond donors (Lipinski definition) is 1. The summed E-state index contributed by atoms with van der Waals surface area (Å²) in [4.78, 5) is 34.1. The standard InChI is InChI=1S/C25H40N4O4/c1-24(2,3)32-22(30)27-21(26-19-20-13-8-7-9-14-20)29(23(31)33-25(4,5)6)18-12-17-28-15-10-11-16-28/h7-9,13-14H,10-12,15-19H2,1-6H3,(H,26,27,30). The number of likely N-dealkylation sites (tertiary alicyclic amines) is 1. The fourth-order valence-corrected chi connectivity index (χ4v) is 3.40. The molecule has 8 heteroatoms. The van der Waals surface area contributed by atoms with Crippen LogP contribution >= 0.6 is 0 Å². The molecule has 0 aromatic heterocycles. The molecule has 0 saturated carbocycles. The van der Waals surface area contributed by atoms with Gasteiger partial charge in [-0.3, -0.25) is 5.32 Å². The number of alkyl carbamates (subject to hydrolysis) is 1. The van der Waals surface area contributed by atoms with Gasteiger partial charge in [-0.05, 0) is 86.0 Å². The number of nitrogens with zero attached hydrogens (tertiary/aromatic N) is 3. The molecular weight excluding hydrogens is 420 g/mol. The predicted octanol–water partition coefficient (Wildman–Crippen LogP) is 4.79. The average molecular weight is 461 g/mol. The van der Waals surface area contributed by atoms with E-state index in [1.54, 1.807) is 20.8 Å². The van der Waals surface area contributed by atoms with Gasteiger partial charge in [0.05, 0.1) is 6.54 Å². The predicted molar refractivity (Wildman–Crippen MR) is 130 cm³/mol. The molecule has 184 valence electrons. The second kappa shape index (κ2) is 12.0. The second-order valence-corrected chi connectivity index (χ2v) is 10.3. The van der Waals surface area contributed by atoms with Crippen LogP contribution in [0.3, 0.4) is 0 Å². The minimum Gasteiger partial charge on any atom is -0.444 e. The number of rotatable bonds is 6. The number of ether oxygens (including phenoxy) is 2. The number of guanidine groups is 1. The minimum atomic E-state index is -0.680. The number of amides is 2. The van der Waals surface area contributed by atoms with E-state index in [9.17, 15) is 9.59 Å². The monoisotopic (exact) mass is 460 g/mol. The van der Waals surface area contributed by atoms with Crippen molar-refractivity contribution < 1.29 is 19.1 Å². The fraction of sp³-hybridized carbons (Fsp3) is 0.640. The normalized spacial score (nSPS) is 15.3. The van der Waals surface area contributed by atoms with Gasteiger partial charge in [0.25, 0.3) is 0 Å². The number of nitrogens with one attached hydrogen (secondary N) is 1. The quantitative estimate of drug-likeness (QED) is 0.487. The molecule has 2 rings (SSSR count). The largest absolute Gasteiger partial charge is 0.444 e. The molecule has 0 spiro atoms. The molecule has 33 heavy (non-hydrogen) atoms. The van der Waals surface area contributed by atoms with E-state index in [1.807, 2.05) is 51.1 Å². The van der Waals surface area contributed by atoms with Crippen molar-refractivity contribution in [1.82, 2.24) is 15.1 Å². The van der Waals surface area contributed by atoms with Crippen molar-refractivity contribution in [2.24, 2.45) is 4.99 Å². The number of carbonyl (C=O) groups is 2. The van der Waals surface area contributed by atoms with Crippen LogP contribution in [0, 0.1) is 0 Å². The van der Waals surface area contributed by atoms with Crippen LogP contribution in [0.1, 0.15) is 66.4 Å². The molecule has 0 aliphatic carbocycles. The van der Waals surface area contributed by atoms with E-state index in [4.69, 9.17) is 9.47 Å². The molecule has 1 aromatic carbocycles. The van der Waals surface area contributed by atoms with E-state index in [0.717, 1.165) is 31.6 Å². The van der Waals surface area contributed by atoms with Crippen molar-refractivity contribution >= 4 is 18.1 Å². The Bertz CT molecular complexity index is 791. The Morgan fingerprint density at radius 2 is 1.61 bits per heavy atom. The topological polar surface area (TPSA) is 83.5 Å². The van der Waals surface area contributed by atoms with Crippen LogP contribution in [-0.2, 0) is 16.0 Å². The van der Waals surface area contributed by atoms with E-state index in [-0.39, 0.29) is 5.96 Å². The van der Waals surface area contributed by atoms with Crippen LogP contribution in [0.15, 0.2) is 35.3 Å². The summed E-state index contributed by atoms with van der Waals surface area (Å²) in [6, 6.07) is 9.67. The summed E-state index contributed by atoms with van der Waals surface area (Å²) in [5.41, 5.74) is -0.399. The third kappa shape index (κ3) is 10.7. The highest BCUT2D eigenvalue weighted by molar-refractivity contribution is 6.01. The van der Waals surface area contributed by atoms with Gasteiger partial charge in [-0.1, -0.05) is 30.3 Å². The molecule has 8 nitrogen and oxygen atoms in total. The Labute approximate surface area is 198 Å². The summed E-state index contributed by atoms with van der Waals surface area (Å²) in [5, 5.41) is 2.69. The highest BCUT2D eigenvalue weighted by Crippen LogP contribution is 2.14. The Balaban J connectivity index is 2.24. The maximum atomic E-state index is 13.1. The van der Waals surface area contributed by atoms with E-state index in [1.165, 1.54) is 17.7 Å². The van der Waals surface area contributed by atoms with Crippen molar-refractivity contribution in [2.75, 3.05) is 26.2 Å². The first kappa shape index (κ1) is 26.6. The molecule has 0 atom stereocenters. The molecule has 1 saturated heterocycles. The number of carbonyl (C=O) groups excluding carboxylic acids is 2. The maximum absolute atomic E-state index is 13.1. The summed E-state index contributed by atoms with van der Waals surface area (Å²) in [6.07, 6.45) is 1.94. The van der Waals surface area contributed by atoms with Crippen LogP contribution in [0.25, 0.3) is 0 Å². The molecule has 1 aromatic rings. The molecule has 0 radical (unpaired) electrons. The molecular formula is C25H40N4O4.